The van der Waals surface area contributed by atoms with E-state index < -0.39 is 11.8 Å². The molecule has 20 heavy (non-hydrogen) atoms. The van der Waals surface area contributed by atoms with Gasteiger partial charge in [-0.1, -0.05) is 30.3 Å². The van der Waals surface area contributed by atoms with Gasteiger partial charge in [-0.2, -0.15) is 0 Å². The Morgan fingerprint density at radius 1 is 1.20 bits per heavy atom. The van der Waals surface area contributed by atoms with Crippen LogP contribution in [-0.4, -0.2) is 17.6 Å². The third-order valence-corrected chi connectivity index (χ3v) is 3.15. The van der Waals surface area contributed by atoms with Crippen molar-refractivity contribution >= 4 is 11.7 Å². The van der Waals surface area contributed by atoms with Crippen LogP contribution >= 0.6 is 0 Å². The van der Waals surface area contributed by atoms with Gasteiger partial charge in [0.15, 0.2) is 0 Å². The molecule has 2 aromatic carbocycles. The Kier molecular flexibility index (Phi) is 4.35. The summed E-state index contributed by atoms with van der Waals surface area (Å²) in [7, 11) is 0. The van der Waals surface area contributed by atoms with Crippen LogP contribution in [0, 0.1) is 5.82 Å². The van der Waals surface area contributed by atoms with Crippen molar-refractivity contribution in [1.82, 2.24) is 0 Å². The number of aromatic carboxylic acids is 1. The molecule has 104 valence electrons. The van der Waals surface area contributed by atoms with Crippen LogP contribution in [0.1, 0.15) is 22.8 Å². The van der Waals surface area contributed by atoms with Gasteiger partial charge in [0.05, 0.1) is 5.56 Å². The topological polar surface area (TPSA) is 40.5 Å². The summed E-state index contributed by atoms with van der Waals surface area (Å²) in [6.45, 7) is 3.34. The lowest BCUT2D eigenvalue weighted by atomic mass is 10.1. The minimum absolute atomic E-state index is 0.301. The molecule has 1 N–H and O–H groups in total. The zero-order valence-electron chi connectivity index (χ0n) is 11.2. The largest absolute Gasteiger partial charge is 0.478 e. The molecule has 0 saturated heterocycles. The van der Waals surface area contributed by atoms with E-state index in [2.05, 4.69) is 0 Å². The molecule has 0 aliphatic rings. The van der Waals surface area contributed by atoms with Crippen molar-refractivity contribution in [3.8, 4) is 0 Å². The molecule has 0 atom stereocenters. The zero-order valence-corrected chi connectivity index (χ0v) is 11.2. The molecule has 0 fully saturated rings. The van der Waals surface area contributed by atoms with Crippen molar-refractivity contribution in [3.63, 3.8) is 0 Å². The predicted molar refractivity (Wildman–Crippen MR) is 76.5 cm³/mol. The monoisotopic (exact) mass is 273 g/mol. The summed E-state index contributed by atoms with van der Waals surface area (Å²) in [5.41, 5.74) is 1.50. The van der Waals surface area contributed by atoms with Crippen molar-refractivity contribution in [3.05, 3.63) is 65.5 Å². The van der Waals surface area contributed by atoms with Crippen molar-refractivity contribution in [2.75, 3.05) is 11.4 Å². The van der Waals surface area contributed by atoms with Crippen LogP contribution in [0.15, 0.2) is 48.5 Å². The fourth-order valence-electron chi connectivity index (χ4n) is 2.06. The van der Waals surface area contributed by atoms with Crippen LogP contribution < -0.4 is 4.90 Å². The number of benzene rings is 2. The van der Waals surface area contributed by atoms with Crippen LogP contribution in [0.5, 0.6) is 0 Å². The highest BCUT2D eigenvalue weighted by Crippen LogP contribution is 2.20. The third kappa shape index (κ3) is 3.15. The number of carbonyl (C=O) groups is 1. The molecule has 0 aliphatic heterocycles. The second-order valence-electron chi connectivity index (χ2n) is 4.47. The van der Waals surface area contributed by atoms with E-state index in [1.54, 1.807) is 6.07 Å². The van der Waals surface area contributed by atoms with Gasteiger partial charge in [0, 0.05) is 18.8 Å². The van der Waals surface area contributed by atoms with Crippen molar-refractivity contribution in [1.29, 1.82) is 0 Å². The molecule has 0 unspecified atom stereocenters. The number of carboxylic acid groups (broad SMARTS) is 1. The number of hydrogen-bond acceptors (Lipinski definition) is 2. The third-order valence-electron chi connectivity index (χ3n) is 3.15. The maximum Gasteiger partial charge on any atom is 0.338 e. The second-order valence-corrected chi connectivity index (χ2v) is 4.47. The van der Waals surface area contributed by atoms with Gasteiger partial charge in [0.25, 0.3) is 0 Å². The van der Waals surface area contributed by atoms with E-state index in [1.165, 1.54) is 12.1 Å². The van der Waals surface area contributed by atoms with Gasteiger partial charge >= 0.3 is 5.97 Å². The molecule has 0 saturated carbocycles. The van der Waals surface area contributed by atoms with E-state index in [0.717, 1.165) is 5.56 Å². The Balaban J connectivity index is 2.24. The zero-order chi connectivity index (χ0) is 14.5. The Morgan fingerprint density at radius 3 is 2.45 bits per heavy atom. The molecule has 0 aromatic heterocycles. The molecule has 0 radical (unpaired) electrons. The highest BCUT2D eigenvalue weighted by molar-refractivity contribution is 5.88. The van der Waals surface area contributed by atoms with Crippen LogP contribution in [0.3, 0.4) is 0 Å². The lowest BCUT2D eigenvalue weighted by molar-refractivity contribution is 0.0692. The molecule has 0 amide bonds. The maximum absolute atomic E-state index is 13.7. The lowest BCUT2D eigenvalue weighted by Gasteiger charge is -2.23. The van der Waals surface area contributed by atoms with Crippen LogP contribution in [0.4, 0.5) is 10.1 Å². The molecule has 0 heterocycles. The molecule has 2 aromatic rings. The average molecular weight is 273 g/mol. The van der Waals surface area contributed by atoms with E-state index >= 15 is 0 Å². The minimum Gasteiger partial charge on any atom is -0.478 e. The number of carboxylic acids is 1. The molecular formula is C16H16FNO2. The summed E-state index contributed by atoms with van der Waals surface area (Å²) >= 11 is 0. The molecule has 3 nitrogen and oxygen atoms in total. The summed E-state index contributed by atoms with van der Waals surface area (Å²) in [4.78, 5) is 12.8. The van der Waals surface area contributed by atoms with E-state index in [0.29, 0.717) is 18.8 Å². The number of rotatable bonds is 5. The smallest absolute Gasteiger partial charge is 0.338 e. The standard InChI is InChI=1S/C16H16FNO2/c1-2-18(11-12-6-4-3-5-7-12)13-8-9-14(16(19)20)15(17)10-13/h3-10H,2,11H2,1H3,(H,19,20). The number of nitrogens with zero attached hydrogens (tertiary/aromatic N) is 1. The Morgan fingerprint density at radius 2 is 1.90 bits per heavy atom. The van der Waals surface area contributed by atoms with Gasteiger partial charge in [-0.25, -0.2) is 9.18 Å². The highest BCUT2D eigenvalue weighted by atomic mass is 19.1. The summed E-state index contributed by atoms with van der Waals surface area (Å²) in [6.07, 6.45) is 0. The van der Waals surface area contributed by atoms with Gasteiger partial charge in [-0.15, -0.1) is 0 Å². The average Bonchev–Trinajstić information content (AvgIpc) is 2.45. The summed E-state index contributed by atoms with van der Waals surface area (Å²) in [6, 6.07) is 14.1. The van der Waals surface area contributed by atoms with Crippen molar-refractivity contribution in [2.45, 2.75) is 13.5 Å². The van der Waals surface area contributed by atoms with E-state index in [4.69, 9.17) is 5.11 Å². The molecular weight excluding hydrogens is 257 g/mol. The van der Waals surface area contributed by atoms with E-state index in [9.17, 15) is 9.18 Å². The van der Waals surface area contributed by atoms with E-state index in [1.807, 2.05) is 42.2 Å². The molecule has 0 aliphatic carbocycles. The highest BCUT2D eigenvalue weighted by Gasteiger charge is 2.13. The van der Waals surface area contributed by atoms with Crippen LogP contribution in [0.25, 0.3) is 0 Å². The van der Waals surface area contributed by atoms with Crippen molar-refractivity contribution in [2.24, 2.45) is 0 Å². The number of anilines is 1. The predicted octanol–water partition coefficient (Wildman–Crippen LogP) is 3.55. The van der Waals surface area contributed by atoms with Gasteiger partial charge < -0.3 is 10.0 Å². The van der Waals surface area contributed by atoms with Gasteiger partial charge in [0.1, 0.15) is 5.82 Å². The first-order valence-electron chi connectivity index (χ1n) is 6.43. The Hall–Kier alpha value is -2.36. The second kappa shape index (κ2) is 6.19. The summed E-state index contributed by atoms with van der Waals surface area (Å²) in [5, 5.41) is 8.83. The van der Waals surface area contributed by atoms with Gasteiger partial charge in [-0.05, 0) is 30.7 Å². The number of hydrogen-bond donors (Lipinski definition) is 1. The van der Waals surface area contributed by atoms with Crippen LogP contribution in [0.2, 0.25) is 0 Å². The van der Waals surface area contributed by atoms with E-state index in [-0.39, 0.29) is 5.56 Å². The minimum atomic E-state index is -1.25. The lowest BCUT2D eigenvalue weighted by Crippen LogP contribution is -2.22. The maximum atomic E-state index is 13.7. The Labute approximate surface area is 117 Å². The number of halogens is 1. The first kappa shape index (κ1) is 14.1. The summed E-state index contributed by atoms with van der Waals surface area (Å²) in [5.74, 6) is -1.96. The Bertz CT molecular complexity index is 599. The van der Waals surface area contributed by atoms with Crippen molar-refractivity contribution < 1.29 is 14.3 Å². The fraction of sp³-hybridized carbons (Fsp3) is 0.188. The van der Waals surface area contributed by atoms with Gasteiger partial charge in [-0.3, -0.25) is 0 Å². The molecule has 0 bridgehead atoms. The summed E-state index contributed by atoms with van der Waals surface area (Å²) < 4.78 is 13.7. The first-order valence-corrected chi connectivity index (χ1v) is 6.43. The molecule has 4 heteroatoms. The molecule has 2 rings (SSSR count). The molecule has 0 spiro atoms. The quantitative estimate of drug-likeness (QED) is 0.905. The SMILES string of the molecule is CCN(Cc1ccccc1)c1ccc(C(=O)O)c(F)c1. The van der Waals surface area contributed by atoms with Crippen LogP contribution in [-0.2, 0) is 6.54 Å². The normalized spacial score (nSPS) is 10.3. The first-order chi connectivity index (χ1) is 9.61. The van der Waals surface area contributed by atoms with Gasteiger partial charge in [0.2, 0.25) is 0 Å². The fourth-order valence-corrected chi connectivity index (χ4v) is 2.06.